The van der Waals surface area contributed by atoms with Gasteiger partial charge >= 0.3 is 6.36 Å². The van der Waals surface area contributed by atoms with E-state index in [0.717, 1.165) is 18.2 Å². The van der Waals surface area contributed by atoms with E-state index in [2.05, 4.69) is 4.74 Å². The molecule has 0 bridgehead atoms. The van der Waals surface area contributed by atoms with Crippen LogP contribution in [0.3, 0.4) is 0 Å². The SMILES string of the molecule is O=S(=O)(Cl)c1cccc(OC(F)(F)F)c1.[Cl-]. The summed E-state index contributed by atoms with van der Waals surface area (Å²) >= 11 is 0. The van der Waals surface area contributed by atoms with Crippen molar-refractivity contribution in [2.45, 2.75) is 11.3 Å². The summed E-state index contributed by atoms with van der Waals surface area (Å²) < 4.78 is 60.4. The number of hydrogen-bond acceptors (Lipinski definition) is 3. The van der Waals surface area contributed by atoms with Crippen molar-refractivity contribution in [1.82, 2.24) is 0 Å². The molecule has 1 rings (SSSR count). The monoisotopic (exact) mass is 295 g/mol. The highest BCUT2D eigenvalue weighted by atomic mass is 35.7. The minimum atomic E-state index is -4.87. The summed E-state index contributed by atoms with van der Waals surface area (Å²) in [6.07, 6.45) is -4.87. The quantitative estimate of drug-likeness (QED) is 0.692. The van der Waals surface area contributed by atoms with Gasteiger partial charge in [0.25, 0.3) is 9.05 Å². The summed E-state index contributed by atoms with van der Waals surface area (Å²) in [6.45, 7) is 0. The molecule has 0 saturated carbocycles. The van der Waals surface area contributed by atoms with Gasteiger partial charge in [0.05, 0.1) is 4.90 Å². The molecule has 0 aliphatic rings. The fraction of sp³-hybridized carbons (Fsp3) is 0.143. The normalized spacial score (nSPS) is 11.8. The largest absolute Gasteiger partial charge is 1.00 e. The molecule has 0 spiro atoms. The van der Waals surface area contributed by atoms with E-state index in [0.29, 0.717) is 6.07 Å². The van der Waals surface area contributed by atoms with E-state index < -0.39 is 26.1 Å². The smallest absolute Gasteiger partial charge is 0.573 e. The molecule has 16 heavy (non-hydrogen) atoms. The summed E-state index contributed by atoms with van der Waals surface area (Å²) in [6, 6.07) is 3.82. The van der Waals surface area contributed by atoms with Crippen molar-refractivity contribution in [1.29, 1.82) is 0 Å². The highest BCUT2D eigenvalue weighted by Crippen LogP contribution is 2.25. The summed E-state index contributed by atoms with van der Waals surface area (Å²) in [5, 5.41) is 0. The molecule has 0 N–H and O–H groups in total. The maximum Gasteiger partial charge on any atom is 0.573 e. The van der Waals surface area contributed by atoms with Crippen LogP contribution in [0.5, 0.6) is 5.75 Å². The van der Waals surface area contributed by atoms with E-state index in [1.165, 1.54) is 0 Å². The number of alkyl halides is 3. The molecular weight excluding hydrogens is 292 g/mol. The zero-order valence-electron chi connectivity index (χ0n) is 7.33. The van der Waals surface area contributed by atoms with E-state index in [4.69, 9.17) is 10.7 Å². The molecule has 1 aromatic carbocycles. The van der Waals surface area contributed by atoms with Gasteiger partial charge in [-0.15, -0.1) is 13.2 Å². The predicted octanol–water partition coefficient (Wildman–Crippen LogP) is -0.483. The van der Waals surface area contributed by atoms with Gasteiger partial charge in [-0.05, 0) is 12.1 Å². The van der Waals surface area contributed by atoms with Gasteiger partial charge in [-0.1, -0.05) is 6.07 Å². The van der Waals surface area contributed by atoms with Crippen molar-refractivity contribution in [2.75, 3.05) is 0 Å². The Labute approximate surface area is 100.0 Å². The fourth-order valence-corrected chi connectivity index (χ4v) is 1.61. The van der Waals surface area contributed by atoms with Crippen LogP contribution in [0.4, 0.5) is 13.2 Å². The number of halogens is 5. The van der Waals surface area contributed by atoms with Crippen molar-refractivity contribution in [2.24, 2.45) is 0 Å². The van der Waals surface area contributed by atoms with Gasteiger partial charge in [-0.2, -0.15) is 0 Å². The molecule has 9 heteroatoms. The lowest BCUT2D eigenvalue weighted by Gasteiger charge is -2.08. The summed E-state index contributed by atoms with van der Waals surface area (Å²) in [4.78, 5) is -0.453. The zero-order valence-corrected chi connectivity index (χ0v) is 9.66. The van der Waals surface area contributed by atoms with Gasteiger partial charge in [-0.3, -0.25) is 0 Å². The molecule has 0 aliphatic heterocycles. The van der Waals surface area contributed by atoms with E-state index in [9.17, 15) is 21.6 Å². The van der Waals surface area contributed by atoms with Crippen molar-refractivity contribution >= 4 is 19.7 Å². The minimum Gasteiger partial charge on any atom is -1.00 e. The molecular formula is C7H4Cl2F3O3S-. The first-order valence-corrected chi connectivity index (χ1v) is 5.80. The topological polar surface area (TPSA) is 43.4 Å². The first-order chi connectivity index (χ1) is 6.68. The number of hydrogen-bond donors (Lipinski definition) is 0. The van der Waals surface area contributed by atoms with E-state index in [1.807, 2.05) is 0 Å². The molecule has 0 saturated heterocycles. The van der Waals surface area contributed by atoms with Gasteiger partial charge < -0.3 is 17.1 Å². The third-order valence-corrected chi connectivity index (χ3v) is 2.67. The maximum atomic E-state index is 11.8. The standard InChI is InChI=1S/C7H4ClF3O3S.ClH/c8-15(12,13)6-3-1-2-5(4-6)14-7(9,10)11;/h1-4H;1H/p-1. The van der Waals surface area contributed by atoms with Crippen LogP contribution < -0.4 is 17.1 Å². The van der Waals surface area contributed by atoms with Crippen LogP contribution >= 0.6 is 10.7 Å². The molecule has 0 atom stereocenters. The van der Waals surface area contributed by atoms with Crippen molar-refractivity contribution in [3.05, 3.63) is 24.3 Å². The second-order valence-corrected chi connectivity index (χ2v) is 5.03. The van der Waals surface area contributed by atoms with E-state index >= 15 is 0 Å². The average Bonchev–Trinajstić information content (AvgIpc) is 1.99. The molecule has 0 aliphatic carbocycles. The molecule has 0 radical (unpaired) electrons. The van der Waals surface area contributed by atoms with Crippen LogP contribution in [0.25, 0.3) is 0 Å². The first-order valence-electron chi connectivity index (χ1n) is 3.49. The molecule has 1 aromatic rings. The van der Waals surface area contributed by atoms with Gasteiger partial charge in [0.15, 0.2) is 0 Å². The Kier molecular flexibility index (Phi) is 4.90. The minimum absolute atomic E-state index is 0. The van der Waals surface area contributed by atoms with Crippen LogP contribution in [0, 0.1) is 0 Å². The van der Waals surface area contributed by atoms with Crippen LogP contribution in [0.2, 0.25) is 0 Å². The number of ether oxygens (including phenoxy) is 1. The summed E-state index contributed by atoms with van der Waals surface area (Å²) in [5.74, 6) is -0.635. The Hall–Kier alpha value is -0.660. The Balaban J connectivity index is 0.00000225. The van der Waals surface area contributed by atoms with Crippen LogP contribution in [0.15, 0.2) is 29.2 Å². The second kappa shape index (κ2) is 5.11. The highest BCUT2D eigenvalue weighted by Gasteiger charge is 2.31. The van der Waals surface area contributed by atoms with Gasteiger partial charge in [0.2, 0.25) is 0 Å². The van der Waals surface area contributed by atoms with E-state index in [-0.39, 0.29) is 12.4 Å². The maximum absolute atomic E-state index is 11.8. The zero-order chi connectivity index (χ0) is 11.7. The van der Waals surface area contributed by atoms with Crippen molar-refractivity contribution < 1.29 is 38.7 Å². The van der Waals surface area contributed by atoms with Gasteiger partial charge in [-0.25, -0.2) is 8.42 Å². The van der Waals surface area contributed by atoms with Gasteiger partial charge in [0.1, 0.15) is 5.75 Å². The lowest BCUT2D eigenvalue weighted by atomic mass is 10.3. The molecule has 0 unspecified atom stereocenters. The molecule has 0 heterocycles. The molecule has 3 nitrogen and oxygen atoms in total. The highest BCUT2D eigenvalue weighted by molar-refractivity contribution is 8.13. The molecule has 92 valence electrons. The summed E-state index contributed by atoms with van der Waals surface area (Å²) in [7, 11) is 0.881. The Bertz CT molecular complexity index is 458. The lowest BCUT2D eigenvalue weighted by molar-refractivity contribution is -0.274. The van der Waals surface area contributed by atoms with Gasteiger partial charge in [0, 0.05) is 16.7 Å². The Morgan fingerprint density at radius 2 is 1.81 bits per heavy atom. The van der Waals surface area contributed by atoms with Crippen molar-refractivity contribution in [3.63, 3.8) is 0 Å². The third-order valence-electron chi connectivity index (χ3n) is 1.32. The van der Waals surface area contributed by atoms with Crippen LogP contribution in [-0.4, -0.2) is 14.8 Å². The Morgan fingerprint density at radius 1 is 1.25 bits per heavy atom. The molecule has 0 aromatic heterocycles. The molecule has 0 fully saturated rings. The lowest BCUT2D eigenvalue weighted by Crippen LogP contribution is -3.00. The molecule has 0 amide bonds. The number of rotatable bonds is 2. The van der Waals surface area contributed by atoms with Crippen LogP contribution in [0.1, 0.15) is 0 Å². The third kappa shape index (κ3) is 4.91. The van der Waals surface area contributed by atoms with Crippen molar-refractivity contribution in [3.8, 4) is 5.75 Å². The number of benzene rings is 1. The average molecular weight is 296 g/mol. The first kappa shape index (κ1) is 15.3. The second-order valence-electron chi connectivity index (χ2n) is 2.46. The fourth-order valence-electron chi connectivity index (χ4n) is 0.823. The van der Waals surface area contributed by atoms with E-state index in [1.54, 1.807) is 0 Å². The van der Waals surface area contributed by atoms with Crippen LogP contribution in [-0.2, 0) is 9.05 Å². The summed E-state index contributed by atoms with van der Waals surface area (Å²) in [5.41, 5.74) is 0. The predicted molar refractivity (Wildman–Crippen MR) is 46.2 cm³/mol. The Morgan fingerprint density at radius 3 is 2.25 bits per heavy atom.